The molecule has 0 aromatic carbocycles. The largest absolute Gasteiger partial charge is 0.466 e. The summed E-state index contributed by atoms with van der Waals surface area (Å²) in [7, 11) is -1.73. The van der Waals surface area contributed by atoms with Crippen LogP contribution in [0.5, 0.6) is 0 Å². The van der Waals surface area contributed by atoms with E-state index in [0.717, 1.165) is 0 Å². The first kappa shape index (κ1) is 16.7. The summed E-state index contributed by atoms with van der Waals surface area (Å²) in [5.74, 6) is 0.259. The van der Waals surface area contributed by atoms with Gasteiger partial charge >= 0.3 is 5.97 Å². The Kier molecular flexibility index (Phi) is 4.58. The molecular formula is C15H30O3Si. The lowest BCUT2D eigenvalue weighted by Gasteiger charge is -2.36. The van der Waals surface area contributed by atoms with Crippen molar-refractivity contribution in [2.45, 2.75) is 59.7 Å². The van der Waals surface area contributed by atoms with Crippen molar-refractivity contribution in [1.82, 2.24) is 0 Å². The zero-order chi connectivity index (χ0) is 15.1. The first-order valence-corrected chi connectivity index (χ1v) is 10.2. The average Bonchev–Trinajstić information content (AvgIpc) is 2.76. The van der Waals surface area contributed by atoms with Crippen molar-refractivity contribution < 1.29 is 14.0 Å². The molecule has 0 N–H and O–H groups in total. The van der Waals surface area contributed by atoms with Gasteiger partial charge in [0.1, 0.15) is 0 Å². The maximum absolute atomic E-state index is 11.9. The van der Waals surface area contributed by atoms with Gasteiger partial charge in [-0.1, -0.05) is 34.6 Å². The Morgan fingerprint density at radius 2 is 1.79 bits per heavy atom. The summed E-state index contributed by atoms with van der Waals surface area (Å²) in [5, 5.41) is 0.214. The van der Waals surface area contributed by atoms with E-state index in [-0.39, 0.29) is 22.3 Å². The van der Waals surface area contributed by atoms with Crippen LogP contribution in [-0.4, -0.2) is 27.5 Å². The second-order valence-corrected chi connectivity index (χ2v) is 12.5. The molecule has 3 nitrogen and oxygen atoms in total. The van der Waals surface area contributed by atoms with Gasteiger partial charge in [0.15, 0.2) is 8.32 Å². The molecule has 19 heavy (non-hydrogen) atoms. The normalized spacial score (nSPS) is 26.1. The molecule has 0 amide bonds. The minimum Gasteiger partial charge on any atom is -0.466 e. The minimum atomic E-state index is -1.73. The van der Waals surface area contributed by atoms with Gasteiger partial charge in [-0.15, -0.1) is 0 Å². The molecular weight excluding hydrogens is 256 g/mol. The van der Waals surface area contributed by atoms with Crippen LogP contribution in [0.3, 0.4) is 0 Å². The van der Waals surface area contributed by atoms with Gasteiger partial charge in [-0.2, -0.15) is 0 Å². The van der Waals surface area contributed by atoms with Gasteiger partial charge in [0.25, 0.3) is 0 Å². The van der Waals surface area contributed by atoms with E-state index in [1.54, 1.807) is 0 Å². The average molecular weight is 286 g/mol. The van der Waals surface area contributed by atoms with Crippen LogP contribution in [0.1, 0.15) is 41.5 Å². The van der Waals surface area contributed by atoms with E-state index in [0.29, 0.717) is 19.1 Å². The number of carbonyl (C=O) groups is 1. The Morgan fingerprint density at radius 3 is 2.21 bits per heavy atom. The van der Waals surface area contributed by atoms with Crippen LogP contribution in [0.2, 0.25) is 18.1 Å². The smallest absolute Gasteiger partial charge is 0.309 e. The predicted molar refractivity (Wildman–Crippen MR) is 80.5 cm³/mol. The summed E-state index contributed by atoms with van der Waals surface area (Å²) in [6, 6.07) is 0. The molecule has 0 aliphatic heterocycles. The molecule has 4 heteroatoms. The Morgan fingerprint density at radius 1 is 1.26 bits per heavy atom. The van der Waals surface area contributed by atoms with Crippen molar-refractivity contribution >= 4 is 14.3 Å². The van der Waals surface area contributed by atoms with Gasteiger partial charge in [0.05, 0.1) is 12.5 Å². The highest BCUT2D eigenvalue weighted by atomic mass is 28.4. The number of rotatable bonds is 5. The second kappa shape index (κ2) is 5.21. The van der Waals surface area contributed by atoms with Crippen molar-refractivity contribution in [1.29, 1.82) is 0 Å². The summed E-state index contributed by atoms with van der Waals surface area (Å²) >= 11 is 0. The van der Waals surface area contributed by atoms with E-state index >= 15 is 0 Å². The Hall–Kier alpha value is -0.353. The number of hydrogen-bond donors (Lipinski definition) is 0. The molecule has 1 saturated carbocycles. The van der Waals surface area contributed by atoms with Gasteiger partial charge < -0.3 is 9.16 Å². The van der Waals surface area contributed by atoms with E-state index in [4.69, 9.17) is 9.16 Å². The van der Waals surface area contributed by atoms with Crippen LogP contribution in [0.25, 0.3) is 0 Å². The standard InChI is InChI=1S/C15H30O3Si/c1-9-17-13(16)12-11(15(12,5)6)10-18-19(7,8)14(2,3)4/h11-12H,9-10H2,1-8H3/t11-,12+/m1/s1. The van der Waals surface area contributed by atoms with Gasteiger partial charge in [-0.3, -0.25) is 4.79 Å². The van der Waals surface area contributed by atoms with E-state index in [1.807, 2.05) is 6.92 Å². The Labute approximate surface area is 119 Å². The molecule has 0 aromatic heterocycles. The third kappa shape index (κ3) is 3.40. The maximum atomic E-state index is 11.9. The lowest BCUT2D eigenvalue weighted by molar-refractivity contribution is -0.145. The molecule has 2 atom stereocenters. The lowest BCUT2D eigenvalue weighted by Crippen LogP contribution is -2.41. The molecule has 1 fully saturated rings. The zero-order valence-electron chi connectivity index (χ0n) is 13.8. The number of carbonyl (C=O) groups excluding carboxylic acids is 1. The van der Waals surface area contributed by atoms with Crippen LogP contribution in [0.4, 0.5) is 0 Å². The Balaban J connectivity index is 2.58. The fourth-order valence-electron chi connectivity index (χ4n) is 2.27. The fourth-order valence-corrected chi connectivity index (χ4v) is 3.30. The zero-order valence-corrected chi connectivity index (χ0v) is 14.8. The molecule has 0 bridgehead atoms. The summed E-state index contributed by atoms with van der Waals surface area (Å²) in [6.45, 7) is 18.5. The molecule has 0 heterocycles. The highest BCUT2D eigenvalue weighted by Crippen LogP contribution is 2.59. The van der Waals surface area contributed by atoms with E-state index < -0.39 is 8.32 Å². The highest BCUT2D eigenvalue weighted by molar-refractivity contribution is 6.74. The molecule has 1 rings (SSSR count). The van der Waals surface area contributed by atoms with Gasteiger partial charge in [-0.25, -0.2) is 0 Å². The van der Waals surface area contributed by atoms with Crippen molar-refractivity contribution in [3.63, 3.8) is 0 Å². The van der Waals surface area contributed by atoms with Gasteiger partial charge in [0, 0.05) is 12.5 Å². The van der Waals surface area contributed by atoms with Gasteiger partial charge in [-0.05, 0) is 30.5 Å². The SMILES string of the molecule is CCOC(=O)[C@@H]1[C@@H](CO[Si](C)(C)C(C)(C)C)C1(C)C. The van der Waals surface area contributed by atoms with Crippen molar-refractivity contribution in [3.05, 3.63) is 0 Å². The number of esters is 1. The summed E-state index contributed by atoms with van der Waals surface area (Å²) in [6.07, 6.45) is 0. The van der Waals surface area contributed by atoms with E-state index in [9.17, 15) is 4.79 Å². The topological polar surface area (TPSA) is 35.5 Å². The molecule has 0 radical (unpaired) electrons. The lowest BCUT2D eigenvalue weighted by atomic mass is 10.1. The monoisotopic (exact) mass is 286 g/mol. The highest BCUT2D eigenvalue weighted by Gasteiger charge is 2.63. The van der Waals surface area contributed by atoms with Crippen LogP contribution in [0, 0.1) is 17.3 Å². The van der Waals surface area contributed by atoms with Crippen LogP contribution in [0.15, 0.2) is 0 Å². The summed E-state index contributed by atoms with van der Waals surface area (Å²) in [4.78, 5) is 11.9. The molecule has 0 unspecified atom stereocenters. The quantitative estimate of drug-likeness (QED) is 0.569. The Bertz CT molecular complexity index is 342. The van der Waals surface area contributed by atoms with Crippen LogP contribution in [-0.2, 0) is 14.0 Å². The van der Waals surface area contributed by atoms with Gasteiger partial charge in [0.2, 0.25) is 0 Å². The van der Waals surface area contributed by atoms with Crippen molar-refractivity contribution in [3.8, 4) is 0 Å². The third-order valence-corrected chi connectivity index (χ3v) is 9.52. The maximum Gasteiger partial charge on any atom is 0.309 e. The van der Waals surface area contributed by atoms with Crippen molar-refractivity contribution in [2.24, 2.45) is 17.3 Å². The first-order chi connectivity index (χ1) is 8.45. The molecule has 0 spiro atoms. The number of hydrogen-bond acceptors (Lipinski definition) is 3. The molecule has 1 aliphatic carbocycles. The summed E-state index contributed by atoms with van der Waals surface area (Å²) < 4.78 is 11.4. The van der Waals surface area contributed by atoms with E-state index in [1.165, 1.54) is 0 Å². The minimum absolute atomic E-state index is 0.0113. The van der Waals surface area contributed by atoms with Crippen molar-refractivity contribution in [2.75, 3.05) is 13.2 Å². The fraction of sp³-hybridized carbons (Fsp3) is 0.933. The predicted octanol–water partition coefficient (Wildman–Crippen LogP) is 3.84. The number of ether oxygens (including phenoxy) is 1. The summed E-state index contributed by atoms with van der Waals surface area (Å²) in [5.41, 5.74) is 0.0224. The molecule has 1 aliphatic rings. The first-order valence-electron chi connectivity index (χ1n) is 7.25. The second-order valence-electron chi connectivity index (χ2n) is 7.73. The molecule has 0 saturated heterocycles. The molecule has 0 aromatic rings. The van der Waals surface area contributed by atoms with Crippen LogP contribution < -0.4 is 0 Å². The molecule has 112 valence electrons. The van der Waals surface area contributed by atoms with Crippen LogP contribution >= 0.6 is 0 Å². The third-order valence-electron chi connectivity index (χ3n) is 5.02. The van der Waals surface area contributed by atoms with E-state index in [2.05, 4.69) is 47.7 Å².